The molecule has 1 saturated heterocycles. The Balaban J connectivity index is 1.88. The SMILES string of the molecule is CC1CS(=O)(=O)N(c2cc(C(=O)Nc3ccc(C(C)(C)C)cc3)ccc2Cl)C1=O. The van der Waals surface area contributed by atoms with Crippen LogP contribution in [0.1, 0.15) is 43.6 Å². The zero-order valence-corrected chi connectivity index (χ0v) is 18.3. The number of nitrogens with one attached hydrogen (secondary N) is 1. The Hall–Kier alpha value is -2.38. The van der Waals surface area contributed by atoms with Crippen molar-refractivity contribution >= 4 is 44.8 Å². The number of benzene rings is 2. The van der Waals surface area contributed by atoms with Gasteiger partial charge in [0.25, 0.3) is 5.91 Å². The first-order valence-corrected chi connectivity index (χ1v) is 11.2. The van der Waals surface area contributed by atoms with Gasteiger partial charge in [-0.05, 0) is 41.3 Å². The molecule has 2 amide bonds. The van der Waals surface area contributed by atoms with Gasteiger partial charge in [0, 0.05) is 11.3 Å². The van der Waals surface area contributed by atoms with E-state index in [4.69, 9.17) is 11.6 Å². The molecule has 0 bridgehead atoms. The third-order valence-electron chi connectivity index (χ3n) is 4.80. The molecule has 6 nitrogen and oxygen atoms in total. The third kappa shape index (κ3) is 4.31. The summed E-state index contributed by atoms with van der Waals surface area (Å²) in [6.45, 7) is 7.85. The maximum atomic E-state index is 12.7. The Bertz CT molecular complexity index is 1070. The lowest BCUT2D eigenvalue weighted by molar-refractivity contribution is -0.119. The summed E-state index contributed by atoms with van der Waals surface area (Å²) in [6.07, 6.45) is 0. The fraction of sp³-hybridized carbons (Fsp3) is 0.333. The molecule has 2 aromatic rings. The summed E-state index contributed by atoms with van der Waals surface area (Å²) in [5.74, 6) is -1.92. The number of hydrogen-bond acceptors (Lipinski definition) is 4. The molecule has 1 aliphatic heterocycles. The molecule has 1 atom stereocenters. The van der Waals surface area contributed by atoms with E-state index in [0.29, 0.717) is 9.99 Å². The minimum atomic E-state index is -3.81. The topological polar surface area (TPSA) is 83.6 Å². The summed E-state index contributed by atoms with van der Waals surface area (Å²) in [7, 11) is -3.81. The molecule has 8 heteroatoms. The maximum Gasteiger partial charge on any atom is 0.255 e. The van der Waals surface area contributed by atoms with Crippen molar-refractivity contribution < 1.29 is 18.0 Å². The van der Waals surface area contributed by atoms with Gasteiger partial charge in [-0.1, -0.05) is 51.4 Å². The van der Waals surface area contributed by atoms with Gasteiger partial charge >= 0.3 is 0 Å². The smallest absolute Gasteiger partial charge is 0.255 e. The van der Waals surface area contributed by atoms with Crippen LogP contribution in [0.3, 0.4) is 0 Å². The highest BCUT2D eigenvalue weighted by Crippen LogP contribution is 2.34. The Labute approximate surface area is 175 Å². The first-order valence-electron chi connectivity index (χ1n) is 9.18. The Morgan fingerprint density at radius 2 is 1.76 bits per heavy atom. The molecule has 1 unspecified atom stereocenters. The number of rotatable bonds is 3. The maximum absolute atomic E-state index is 12.7. The van der Waals surface area contributed by atoms with Crippen molar-refractivity contribution in [2.75, 3.05) is 15.4 Å². The second-order valence-electron chi connectivity index (χ2n) is 8.23. The highest BCUT2D eigenvalue weighted by Gasteiger charge is 2.43. The summed E-state index contributed by atoms with van der Waals surface area (Å²) in [4.78, 5) is 25.0. The quantitative estimate of drug-likeness (QED) is 0.784. The molecule has 0 radical (unpaired) electrons. The van der Waals surface area contributed by atoms with Gasteiger partial charge in [0.15, 0.2) is 0 Å². The van der Waals surface area contributed by atoms with Crippen LogP contribution in [-0.2, 0) is 20.2 Å². The van der Waals surface area contributed by atoms with E-state index in [9.17, 15) is 18.0 Å². The van der Waals surface area contributed by atoms with Gasteiger partial charge in [-0.25, -0.2) is 12.7 Å². The fourth-order valence-corrected chi connectivity index (χ4v) is 5.21. The van der Waals surface area contributed by atoms with Crippen LogP contribution < -0.4 is 9.62 Å². The van der Waals surface area contributed by atoms with Crippen molar-refractivity contribution in [3.8, 4) is 0 Å². The summed E-state index contributed by atoms with van der Waals surface area (Å²) < 4.78 is 25.4. The van der Waals surface area contributed by atoms with E-state index in [1.807, 2.05) is 24.3 Å². The monoisotopic (exact) mass is 434 g/mol. The largest absolute Gasteiger partial charge is 0.322 e. The van der Waals surface area contributed by atoms with Crippen LogP contribution >= 0.6 is 11.6 Å². The van der Waals surface area contributed by atoms with Crippen molar-refractivity contribution in [3.63, 3.8) is 0 Å². The van der Waals surface area contributed by atoms with Gasteiger partial charge in [-0.2, -0.15) is 0 Å². The summed E-state index contributed by atoms with van der Waals surface area (Å²) in [5, 5.41) is 2.87. The van der Waals surface area contributed by atoms with Gasteiger partial charge in [0.1, 0.15) is 0 Å². The lowest BCUT2D eigenvalue weighted by Crippen LogP contribution is -2.30. The van der Waals surface area contributed by atoms with Crippen molar-refractivity contribution in [2.24, 2.45) is 5.92 Å². The average molecular weight is 435 g/mol. The third-order valence-corrected chi connectivity index (χ3v) is 6.97. The van der Waals surface area contributed by atoms with E-state index in [1.165, 1.54) is 18.2 Å². The molecule has 0 spiro atoms. The average Bonchev–Trinajstić information content (AvgIpc) is 2.82. The predicted molar refractivity (Wildman–Crippen MR) is 115 cm³/mol. The Kier molecular flexibility index (Phi) is 5.49. The number of anilines is 2. The zero-order valence-electron chi connectivity index (χ0n) is 16.7. The van der Waals surface area contributed by atoms with Crippen LogP contribution in [0, 0.1) is 5.92 Å². The van der Waals surface area contributed by atoms with E-state index < -0.39 is 27.8 Å². The molecule has 1 aliphatic rings. The van der Waals surface area contributed by atoms with E-state index in [-0.39, 0.29) is 27.4 Å². The van der Waals surface area contributed by atoms with E-state index in [0.717, 1.165) is 5.56 Å². The highest BCUT2D eigenvalue weighted by molar-refractivity contribution is 7.94. The van der Waals surface area contributed by atoms with Crippen LogP contribution in [0.5, 0.6) is 0 Å². The molecule has 154 valence electrons. The van der Waals surface area contributed by atoms with Crippen molar-refractivity contribution in [1.82, 2.24) is 0 Å². The number of halogens is 1. The van der Waals surface area contributed by atoms with Crippen LogP contribution in [0.15, 0.2) is 42.5 Å². The molecule has 2 aromatic carbocycles. The molecule has 0 aliphatic carbocycles. The highest BCUT2D eigenvalue weighted by atomic mass is 35.5. The van der Waals surface area contributed by atoms with E-state index in [2.05, 4.69) is 26.1 Å². The minimum Gasteiger partial charge on any atom is -0.322 e. The first kappa shape index (κ1) is 21.3. The summed E-state index contributed by atoms with van der Waals surface area (Å²) in [5.41, 5.74) is 1.94. The predicted octanol–water partition coefficient (Wildman–Crippen LogP) is 4.20. The molecular weight excluding hydrogens is 412 g/mol. The summed E-state index contributed by atoms with van der Waals surface area (Å²) >= 11 is 6.15. The lowest BCUT2D eigenvalue weighted by Gasteiger charge is -2.19. The number of sulfonamides is 1. The number of carbonyl (C=O) groups is 2. The molecule has 3 rings (SSSR count). The molecule has 29 heavy (non-hydrogen) atoms. The molecular formula is C21H23ClN2O4S. The molecule has 1 fully saturated rings. The Morgan fingerprint density at radius 3 is 2.28 bits per heavy atom. The van der Waals surface area contributed by atoms with Crippen LogP contribution in [-0.4, -0.2) is 26.0 Å². The normalized spacial score (nSPS) is 18.7. The zero-order chi connectivity index (χ0) is 21.6. The van der Waals surface area contributed by atoms with Crippen LogP contribution in [0.25, 0.3) is 0 Å². The lowest BCUT2D eigenvalue weighted by atomic mass is 9.87. The van der Waals surface area contributed by atoms with Crippen molar-refractivity contribution in [3.05, 3.63) is 58.6 Å². The van der Waals surface area contributed by atoms with E-state index in [1.54, 1.807) is 6.92 Å². The van der Waals surface area contributed by atoms with Crippen LogP contribution in [0.4, 0.5) is 11.4 Å². The second kappa shape index (κ2) is 7.46. The number of hydrogen-bond donors (Lipinski definition) is 1. The fourth-order valence-electron chi connectivity index (χ4n) is 3.13. The van der Waals surface area contributed by atoms with Crippen LogP contribution in [0.2, 0.25) is 5.02 Å². The standard InChI is InChI=1S/C21H23ClN2O4S/c1-13-12-29(27,28)24(20(13)26)18-11-14(5-10-17(18)22)19(25)23-16-8-6-15(7-9-16)21(2,3)4/h5-11,13H,12H2,1-4H3,(H,23,25). The molecule has 1 N–H and O–H groups in total. The van der Waals surface area contributed by atoms with E-state index >= 15 is 0 Å². The molecule has 1 heterocycles. The number of nitrogens with zero attached hydrogens (tertiary/aromatic N) is 1. The summed E-state index contributed by atoms with van der Waals surface area (Å²) in [6, 6.07) is 11.7. The van der Waals surface area contributed by atoms with Gasteiger partial charge in [-0.15, -0.1) is 0 Å². The molecule has 0 saturated carbocycles. The Morgan fingerprint density at radius 1 is 1.14 bits per heavy atom. The van der Waals surface area contributed by atoms with Gasteiger partial charge in [0.05, 0.1) is 22.4 Å². The van der Waals surface area contributed by atoms with Crippen molar-refractivity contribution in [2.45, 2.75) is 33.1 Å². The van der Waals surface area contributed by atoms with Gasteiger partial charge in [0.2, 0.25) is 15.9 Å². The second-order valence-corrected chi connectivity index (χ2v) is 10.5. The minimum absolute atomic E-state index is 0.00147. The number of amides is 2. The first-order chi connectivity index (χ1) is 13.4. The van der Waals surface area contributed by atoms with Gasteiger partial charge in [-0.3, -0.25) is 9.59 Å². The van der Waals surface area contributed by atoms with Gasteiger partial charge < -0.3 is 5.32 Å². The van der Waals surface area contributed by atoms with Crippen molar-refractivity contribution in [1.29, 1.82) is 0 Å². The number of carbonyl (C=O) groups excluding carboxylic acids is 2. The molecule has 0 aromatic heterocycles.